The van der Waals surface area contributed by atoms with Gasteiger partial charge in [0.25, 0.3) is 5.91 Å². The molecule has 1 saturated heterocycles. The van der Waals surface area contributed by atoms with Gasteiger partial charge in [-0.15, -0.1) is 5.10 Å². The summed E-state index contributed by atoms with van der Waals surface area (Å²) in [6, 6.07) is 20.2. The SMILES string of the molecule is COCC1CCN(C(=O)c2cn(C(c3ccccc3)c3ccccc3)nn2)C1. The van der Waals surface area contributed by atoms with E-state index in [0.29, 0.717) is 24.8 Å². The topological polar surface area (TPSA) is 60.2 Å². The molecule has 2 aromatic carbocycles. The molecular weight excluding hydrogens is 352 g/mol. The Balaban J connectivity index is 1.60. The quantitative estimate of drug-likeness (QED) is 0.664. The zero-order valence-electron chi connectivity index (χ0n) is 15.9. The molecule has 0 N–H and O–H groups in total. The summed E-state index contributed by atoms with van der Waals surface area (Å²) in [5.74, 6) is 0.329. The van der Waals surface area contributed by atoms with Crippen molar-refractivity contribution >= 4 is 5.91 Å². The molecule has 4 rings (SSSR count). The van der Waals surface area contributed by atoms with Crippen molar-refractivity contribution < 1.29 is 9.53 Å². The summed E-state index contributed by atoms with van der Waals surface area (Å²) < 4.78 is 7.00. The molecule has 1 atom stereocenters. The van der Waals surface area contributed by atoms with Crippen LogP contribution in [0.3, 0.4) is 0 Å². The van der Waals surface area contributed by atoms with Crippen molar-refractivity contribution in [2.45, 2.75) is 12.5 Å². The van der Waals surface area contributed by atoms with Crippen molar-refractivity contribution in [3.8, 4) is 0 Å². The summed E-state index contributed by atoms with van der Waals surface area (Å²) in [5.41, 5.74) is 2.58. The van der Waals surface area contributed by atoms with Crippen LogP contribution in [0.25, 0.3) is 0 Å². The van der Waals surface area contributed by atoms with Crippen LogP contribution in [0, 0.1) is 5.92 Å². The molecule has 0 bridgehead atoms. The van der Waals surface area contributed by atoms with Gasteiger partial charge < -0.3 is 9.64 Å². The van der Waals surface area contributed by atoms with Gasteiger partial charge in [0.05, 0.1) is 12.8 Å². The fraction of sp³-hybridized carbons (Fsp3) is 0.318. The van der Waals surface area contributed by atoms with Gasteiger partial charge in [-0.1, -0.05) is 65.9 Å². The number of hydrogen-bond acceptors (Lipinski definition) is 4. The van der Waals surface area contributed by atoms with E-state index in [1.54, 1.807) is 18.0 Å². The normalized spacial score (nSPS) is 16.6. The molecule has 0 radical (unpaired) electrons. The van der Waals surface area contributed by atoms with Gasteiger partial charge >= 0.3 is 0 Å². The van der Waals surface area contributed by atoms with Gasteiger partial charge in [-0.25, -0.2) is 4.68 Å². The zero-order valence-corrected chi connectivity index (χ0v) is 15.9. The Hall–Kier alpha value is -2.99. The number of carbonyl (C=O) groups is 1. The number of carbonyl (C=O) groups excluding carboxylic acids is 1. The molecule has 0 aliphatic carbocycles. The second-order valence-electron chi connectivity index (χ2n) is 7.17. The summed E-state index contributed by atoms with van der Waals surface area (Å²) in [5, 5.41) is 8.51. The highest BCUT2D eigenvalue weighted by Crippen LogP contribution is 2.26. The third-order valence-corrected chi connectivity index (χ3v) is 5.20. The highest BCUT2D eigenvalue weighted by Gasteiger charge is 2.29. The van der Waals surface area contributed by atoms with E-state index in [2.05, 4.69) is 34.6 Å². The van der Waals surface area contributed by atoms with Gasteiger partial charge in [0.1, 0.15) is 6.04 Å². The minimum Gasteiger partial charge on any atom is -0.384 e. The minimum absolute atomic E-state index is 0.0651. The van der Waals surface area contributed by atoms with Crippen molar-refractivity contribution in [1.29, 1.82) is 0 Å². The number of benzene rings is 2. The van der Waals surface area contributed by atoms with Crippen LogP contribution in [-0.2, 0) is 4.74 Å². The fourth-order valence-electron chi connectivity index (χ4n) is 3.82. The lowest BCUT2D eigenvalue weighted by molar-refractivity contribution is 0.0769. The molecule has 0 saturated carbocycles. The van der Waals surface area contributed by atoms with Crippen LogP contribution in [0.1, 0.15) is 34.1 Å². The van der Waals surface area contributed by atoms with Crippen molar-refractivity contribution in [3.63, 3.8) is 0 Å². The number of ether oxygens (including phenoxy) is 1. The Morgan fingerprint density at radius 2 is 1.75 bits per heavy atom. The maximum atomic E-state index is 12.9. The zero-order chi connectivity index (χ0) is 19.3. The summed E-state index contributed by atoms with van der Waals surface area (Å²) in [4.78, 5) is 14.7. The average Bonchev–Trinajstić information content (AvgIpc) is 3.40. The van der Waals surface area contributed by atoms with Crippen molar-refractivity contribution in [2.24, 2.45) is 5.92 Å². The van der Waals surface area contributed by atoms with Gasteiger partial charge in [0, 0.05) is 26.1 Å². The number of methoxy groups -OCH3 is 1. The molecule has 6 nitrogen and oxygen atoms in total. The third kappa shape index (κ3) is 3.82. The van der Waals surface area contributed by atoms with Crippen LogP contribution in [-0.4, -0.2) is 52.6 Å². The number of amides is 1. The molecule has 3 aromatic rings. The number of rotatable bonds is 6. The molecular formula is C22H24N4O2. The predicted molar refractivity (Wildman–Crippen MR) is 106 cm³/mol. The number of hydrogen-bond donors (Lipinski definition) is 0. The van der Waals surface area contributed by atoms with E-state index in [-0.39, 0.29) is 11.9 Å². The molecule has 6 heteroatoms. The van der Waals surface area contributed by atoms with Crippen molar-refractivity contribution in [2.75, 3.05) is 26.8 Å². The third-order valence-electron chi connectivity index (χ3n) is 5.20. The first kappa shape index (κ1) is 18.4. The summed E-state index contributed by atoms with van der Waals surface area (Å²) >= 11 is 0. The van der Waals surface area contributed by atoms with E-state index in [4.69, 9.17) is 4.74 Å². The molecule has 1 aliphatic rings. The molecule has 1 unspecified atom stereocenters. The first-order valence-electron chi connectivity index (χ1n) is 9.56. The van der Waals surface area contributed by atoms with Gasteiger partial charge in [0.2, 0.25) is 0 Å². The second kappa shape index (κ2) is 8.35. The highest BCUT2D eigenvalue weighted by atomic mass is 16.5. The van der Waals surface area contributed by atoms with Gasteiger partial charge in [-0.05, 0) is 17.5 Å². The minimum atomic E-state index is -0.128. The summed E-state index contributed by atoms with van der Waals surface area (Å²) in [6.07, 6.45) is 2.72. The van der Waals surface area contributed by atoms with Crippen LogP contribution < -0.4 is 0 Å². The molecule has 1 aliphatic heterocycles. The molecule has 0 spiro atoms. The van der Waals surface area contributed by atoms with E-state index in [1.807, 2.05) is 41.3 Å². The van der Waals surface area contributed by atoms with Crippen molar-refractivity contribution in [1.82, 2.24) is 19.9 Å². The molecule has 1 aromatic heterocycles. The van der Waals surface area contributed by atoms with Crippen LogP contribution in [0.4, 0.5) is 0 Å². The standard InChI is InChI=1S/C22H24N4O2/c1-28-16-17-12-13-25(14-17)22(27)20-15-26(24-23-20)21(18-8-4-2-5-9-18)19-10-6-3-7-11-19/h2-11,15,17,21H,12-14,16H2,1H3. The highest BCUT2D eigenvalue weighted by molar-refractivity contribution is 5.92. The van der Waals surface area contributed by atoms with E-state index in [0.717, 1.165) is 24.1 Å². The molecule has 2 heterocycles. The number of aromatic nitrogens is 3. The first-order chi connectivity index (χ1) is 13.8. The second-order valence-corrected chi connectivity index (χ2v) is 7.17. The Morgan fingerprint density at radius 1 is 1.11 bits per heavy atom. The molecule has 144 valence electrons. The number of nitrogens with zero attached hydrogens (tertiary/aromatic N) is 4. The molecule has 1 amide bonds. The maximum Gasteiger partial charge on any atom is 0.276 e. The summed E-state index contributed by atoms with van der Waals surface area (Å²) in [6.45, 7) is 2.13. The van der Waals surface area contributed by atoms with E-state index >= 15 is 0 Å². The molecule has 1 fully saturated rings. The van der Waals surface area contributed by atoms with Crippen LogP contribution >= 0.6 is 0 Å². The van der Waals surface area contributed by atoms with Gasteiger partial charge in [-0.2, -0.15) is 0 Å². The lowest BCUT2D eigenvalue weighted by atomic mass is 9.99. The van der Waals surface area contributed by atoms with Crippen LogP contribution in [0.5, 0.6) is 0 Å². The van der Waals surface area contributed by atoms with E-state index < -0.39 is 0 Å². The van der Waals surface area contributed by atoms with Gasteiger partial charge in [-0.3, -0.25) is 4.79 Å². The fourth-order valence-corrected chi connectivity index (χ4v) is 3.82. The van der Waals surface area contributed by atoms with E-state index in [1.165, 1.54) is 0 Å². The van der Waals surface area contributed by atoms with Crippen LogP contribution in [0.2, 0.25) is 0 Å². The Kier molecular flexibility index (Phi) is 5.48. The largest absolute Gasteiger partial charge is 0.384 e. The number of likely N-dealkylation sites (tertiary alicyclic amines) is 1. The maximum absolute atomic E-state index is 12.9. The Bertz CT molecular complexity index is 871. The van der Waals surface area contributed by atoms with Gasteiger partial charge in [0.15, 0.2) is 5.69 Å². The lowest BCUT2D eigenvalue weighted by Crippen LogP contribution is -2.29. The Labute approximate surface area is 164 Å². The Morgan fingerprint density at radius 3 is 2.36 bits per heavy atom. The summed E-state index contributed by atoms with van der Waals surface area (Å²) in [7, 11) is 1.70. The van der Waals surface area contributed by atoms with Crippen molar-refractivity contribution in [3.05, 3.63) is 83.7 Å². The predicted octanol–water partition coefficient (Wildman–Crippen LogP) is 3.02. The lowest BCUT2D eigenvalue weighted by Gasteiger charge is -2.18. The van der Waals surface area contributed by atoms with Crippen LogP contribution in [0.15, 0.2) is 66.9 Å². The smallest absolute Gasteiger partial charge is 0.276 e. The van der Waals surface area contributed by atoms with E-state index in [9.17, 15) is 4.79 Å². The monoisotopic (exact) mass is 376 g/mol. The molecule has 28 heavy (non-hydrogen) atoms. The first-order valence-corrected chi connectivity index (χ1v) is 9.56. The average molecular weight is 376 g/mol.